The van der Waals surface area contributed by atoms with Crippen LogP contribution in [0.5, 0.6) is 0 Å². The van der Waals surface area contributed by atoms with E-state index in [9.17, 15) is 9.90 Å². The van der Waals surface area contributed by atoms with E-state index in [1.165, 1.54) is 6.20 Å². The molecule has 3 rings (SSSR count). The van der Waals surface area contributed by atoms with E-state index >= 15 is 0 Å². The first-order valence-corrected chi connectivity index (χ1v) is 9.00. The molecule has 128 valence electrons. The number of carbonyl (C=O) groups excluding carboxylic acids is 1. The summed E-state index contributed by atoms with van der Waals surface area (Å²) in [6.45, 7) is 3.25. The molecule has 1 atom stereocenters. The van der Waals surface area contributed by atoms with Crippen molar-refractivity contribution < 1.29 is 9.90 Å². The van der Waals surface area contributed by atoms with E-state index in [1.54, 1.807) is 0 Å². The largest absolute Gasteiger partial charge is 0.387 e. The number of likely N-dealkylation sites (tertiary alicyclic amines) is 1. The van der Waals surface area contributed by atoms with Crippen LogP contribution >= 0.6 is 11.5 Å². The first kappa shape index (κ1) is 17.0. The van der Waals surface area contributed by atoms with E-state index in [4.69, 9.17) is 0 Å². The molecule has 6 nitrogen and oxygen atoms in total. The molecule has 24 heavy (non-hydrogen) atoms. The van der Waals surface area contributed by atoms with Gasteiger partial charge in [0.25, 0.3) is 5.91 Å². The number of piperidine rings is 1. The molecule has 2 heterocycles. The molecule has 1 aliphatic rings. The average Bonchev–Trinajstić information content (AvgIpc) is 3.16. The summed E-state index contributed by atoms with van der Waals surface area (Å²) in [7, 11) is 0. The summed E-state index contributed by atoms with van der Waals surface area (Å²) in [5, 5.41) is 16.9. The van der Waals surface area contributed by atoms with Crippen molar-refractivity contribution in [2.24, 2.45) is 5.92 Å². The second kappa shape index (κ2) is 8.32. The van der Waals surface area contributed by atoms with Gasteiger partial charge in [0.1, 0.15) is 4.88 Å². The highest BCUT2D eigenvalue weighted by Gasteiger charge is 2.22. The Balaban J connectivity index is 1.39. The summed E-state index contributed by atoms with van der Waals surface area (Å²) in [6, 6.07) is 9.78. The van der Waals surface area contributed by atoms with Crippen molar-refractivity contribution in [2.75, 3.05) is 26.2 Å². The van der Waals surface area contributed by atoms with Crippen molar-refractivity contribution in [3.05, 3.63) is 47.0 Å². The van der Waals surface area contributed by atoms with E-state index < -0.39 is 6.10 Å². The zero-order valence-corrected chi connectivity index (χ0v) is 14.3. The van der Waals surface area contributed by atoms with Gasteiger partial charge in [0.15, 0.2) is 0 Å². The van der Waals surface area contributed by atoms with Crippen molar-refractivity contribution in [3.8, 4) is 0 Å². The molecule has 0 bridgehead atoms. The molecule has 1 saturated heterocycles. The monoisotopic (exact) mass is 346 g/mol. The standard InChI is InChI=1S/C17H22N4O2S/c22-15(14-4-2-1-3-5-14)12-21-8-6-13(7-9-21)10-18-17(23)16-11-19-20-24-16/h1-5,11,13,15,22H,6-10,12H2,(H,18,23)/t15-/m0/s1. The number of benzene rings is 1. The summed E-state index contributed by atoms with van der Waals surface area (Å²) in [6.07, 6.45) is 3.11. The molecule has 1 aromatic heterocycles. The number of hydrogen-bond donors (Lipinski definition) is 2. The van der Waals surface area contributed by atoms with Gasteiger partial charge < -0.3 is 15.3 Å². The molecular formula is C17H22N4O2S. The minimum atomic E-state index is -0.443. The summed E-state index contributed by atoms with van der Waals surface area (Å²) in [4.78, 5) is 14.7. The van der Waals surface area contributed by atoms with Crippen LogP contribution in [0.25, 0.3) is 0 Å². The highest BCUT2D eigenvalue weighted by molar-refractivity contribution is 7.07. The van der Waals surface area contributed by atoms with Crippen LogP contribution in [0, 0.1) is 5.92 Å². The normalized spacial score (nSPS) is 17.5. The smallest absolute Gasteiger partial charge is 0.264 e. The number of aliphatic hydroxyl groups excluding tert-OH is 1. The van der Waals surface area contributed by atoms with Crippen LogP contribution in [0.1, 0.15) is 34.2 Å². The molecule has 1 amide bonds. The molecular weight excluding hydrogens is 324 g/mol. The first-order chi connectivity index (χ1) is 11.7. The lowest BCUT2D eigenvalue weighted by Gasteiger charge is -2.33. The van der Waals surface area contributed by atoms with E-state index in [1.807, 2.05) is 30.3 Å². The number of hydrogen-bond acceptors (Lipinski definition) is 6. The van der Waals surface area contributed by atoms with Crippen LogP contribution < -0.4 is 5.32 Å². The number of carbonyl (C=O) groups is 1. The number of amides is 1. The highest BCUT2D eigenvalue weighted by atomic mass is 32.1. The Morgan fingerprint density at radius 3 is 2.75 bits per heavy atom. The first-order valence-electron chi connectivity index (χ1n) is 8.23. The lowest BCUT2D eigenvalue weighted by Crippen LogP contribution is -2.40. The number of nitrogens with zero attached hydrogens (tertiary/aromatic N) is 3. The van der Waals surface area contributed by atoms with E-state index in [2.05, 4.69) is 19.8 Å². The maximum absolute atomic E-state index is 11.9. The van der Waals surface area contributed by atoms with Crippen molar-refractivity contribution in [1.29, 1.82) is 0 Å². The summed E-state index contributed by atoms with van der Waals surface area (Å²) in [5.74, 6) is 0.395. The Morgan fingerprint density at radius 1 is 1.33 bits per heavy atom. The van der Waals surface area contributed by atoms with E-state index in [0.29, 0.717) is 23.9 Å². The zero-order chi connectivity index (χ0) is 16.8. The second-order valence-electron chi connectivity index (χ2n) is 6.16. The van der Waals surface area contributed by atoms with Crippen molar-refractivity contribution in [3.63, 3.8) is 0 Å². The van der Waals surface area contributed by atoms with E-state index in [0.717, 1.165) is 43.0 Å². The van der Waals surface area contributed by atoms with Crippen LogP contribution in [0.2, 0.25) is 0 Å². The predicted octanol–water partition coefficient (Wildman–Crippen LogP) is 1.71. The SMILES string of the molecule is O=C(NCC1CCN(C[C@H](O)c2ccccc2)CC1)c1cnns1. The number of nitrogens with one attached hydrogen (secondary N) is 1. The van der Waals surface area contributed by atoms with Gasteiger partial charge in [0, 0.05) is 13.1 Å². The third-order valence-corrected chi connectivity index (χ3v) is 5.12. The Hall–Kier alpha value is -1.83. The van der Waals surface area contributed by atoms with Gasteiger partial charge in [-0.2, -0.15) is 0 Å². The maximum Gasteiger partial charge on any atom is 0.264 e. The zero-order valence-electron chi connectivity index (χ0n) is 13.5. The number of rotatable bonds is 6. The summed E-state index contributed by atoms with van der Waals surface area (Å²) in [5.41, 5.74) is 0.963. The lowest BCUT2D eigenvalue weighted by atomic mass is 9.96. The predicted molar refractivity (Wildman–Crippen MR) is 92.8 cm³/mol. The third kappa shape index (κ3) is 4.59. The molecule has 1 aliphatic heterocycles. The fourth-order valence-electron chi connectivity index (χ4n) is 2.99. The van der Waals surface area contributed by atoms with Gasteiger partial charge in [-0.1, -0.05) is 34.8 Å². The lowest BCUT2D eigenvalue weighted by molar-refractivity contribution is 0.0853. The van der Waals surface area contributed by atoms with Crippen LogP contribution in [-0.2, 0) is 0 Å². The molecule has 0 aliphatic carbocycles. The van der Waals surface area contributed by atoms with Crippen LogP contribution in [0.3, 0.4) is 0 Å². The minimum Gasteiger partial charge on any atom is -0.387 e. The molecule has 2 N–H and O–H groups in total. The van der Waals surface area contributed by atoms with Crippen molar-refractivity contribution in [2.45, 2.75) is 18.9 Å². The Labute approximate surface area is 145 Å². The number of aromatic nitrogens is 2. The Kier molecular flexibility index (Phi) is 5.90. The molecule has 0 saturated carbocycles. The fourth-order valence-corrected chi connectivity index (χ4v) is 3.42. The van der Waals surface area contributed by atoms with Crippen molar-refractivity contribution >= 4 is 17.4 Å². The van der Waals surface area contributed by atoms with Gasteiger partial charge in [0.2, 0.25) is 0 Å². The molecule has 0 unspecified atom stereocenters. The fraction of sp³-hybridized carbons (Fsp3) is 0.471. The summed E-state index contributed by atoms with van der Waals surface area (Å²) >= 11 is 1.11. The number of aliphatic hydroxyl groups is 1. The second-order valence-corrected chi connectivity index (χ2v) is 6.95. The van der Waals surface area contributed by atoms with Crippen LogP contribution in [0.4, 0.5) is 0 Å². The van der Waals surface area contributed by atoms with Gasteiger partial charge >= 0.3 is 0 Å². The van der Waals surface area contributed by atoms with Crippen LogP contribution in [0.15, 0.2) is 36.5 Å². The van der Waals surface area contributed by atoms with Gasteiger partial charge in [-0.15, -0.1) is 5.10 Å². The van der Waals surface area contributed by atoms with Crippen LogP contribution in [-0.4, -0.2) is 51.7 Å². The molecule has 0 radical (unpaired) electrons. The average molecular weight is 346 g/mol. The molecule has 0 spiro atoms. The molecule has 1 aromatic carbocycles. The quantitative estimate of drug-likeness (QED) is 0.833. The van der Waals surface area contributed by atoms with Crippen molar-refractivity contribution in [1.82, 2.24) is 19.8 Å². The van der Waals surface area contributed by atoms with Gasteiger partial charge in [0.05, 0.1) is 12.3 Å². The number of β-amino-alcohol motifs (C(OH)–C–C–N with tert-alkyl or cyclic N) is 1. The summed E-state index contributed by atoms with van der Waals surface area (Å²) < 4.78 is 3.70. The topological polar surface area (TPSA) is 78.4 Å². The molecule has 7 heteroatoms. The molecule has 1 fully saturated rings. The van der Waals surface area contributed by atoms with E-state index in [-0.39, 0.29) is 5.91 Å². The minimum absolute atomic E-state index is 0.0908. The van der Waals surface area contributed by atoms with Gasteiger partial charge in [-0.25, -0.2) is 0 Å². The maximum atomic E-state index is 11.9. The Bertz CT molecular complexity index is 627. The highest BCUT2D eigenvalue weighted by Crippen LogP contribution is 2.20. The third-order valence-electron chi connectivity index (χ3n) is 4.46. The molecule has 2 aromatic rings. The Morgan fingerprint density at radius 2 is 2.08 bits per heavy atom. The van der Waals surface area contributed by atoms with Gasteiger partial charge in [-0.3, -0.25) is 4.79 Å². The van der Waals surface area contributed by atoms with Gasteiger partial charge in [-0.05, 0) is 48.9 Å².